The molecule has 0 bridgehead atoms. The van der Waals surface area contributed by atoms with Crippen LogP contribution >= 0.6 is 11.6 Å². The number of carbonyl (C=O) groups is 1. The van der Waals surface area contributed by atoms with Crippen molar-refractivity contribution in [2.75, 3.05) is 44.2 Å². The van der Waals surface area contributed by atoms with Gasteiger partial charge < -0.3 is 24.9 Å². The Labute approximate surface area is 179 Å². The van der Waals surface area contributed by atoms with Crippen molar-refractivity contribution in [3.63, 3.8) is 0 Å². The van der Waals surface area contributed by atoms with Crippen molar-refractivity contribution in [3.8, 4) is 11.8 Å². The highest BCUT2D eigenvalue weighted by Crippen LogP contribution is 2.35. The first kappa shape index (κ1) is 19.4. The molecule has 0 saturated carbocycles. The van der Waals surface area contributed by atoms with E-state index in [9.17, 15) is 15.0 Å². The third kappa shape index (κ3) is 3.54. The van der Waals surface area contributed by atoms with Crippen LogP contribution in [-0.4, -0.2) is 70.1 Å². The Balaban J connectivity index is 1.19. The largest absolute Gasteiger partial charge is 0.492 e. The molecule has 8 nitrogen and oxygen atoms in total. The number of aromatic nitrogens is 1. The Morgan fingerprint density at radius 1 is 1.03 bits per heavy atom. The number of likely N-dealkylation sites (tertiary alicyclic amines) is 2. The monoisotopic (exact) mass is 432 g/mol. The zero-order chi connectivity index (χ0) is 20.8. The van der Waals surface area contributed by atoms with Crippen molar-refractivity contribution in [1.82, 2.24) is 14.5 Å². The normalized spacial score (nSPS) is 23.5. The summed E-state index contributed by atoms with van der Waals surface area (Å²) in [5, 5.41) is 20.1. The highest BCUT2D eigenvalue weighted by atomic mass is 35.5. The maximum Gasteiger partial charge on any atom is 0.434 e. The Morgan fingerprint density at radius 3 is 2.30 bits per heavy atom. The van der Waals surface area contributed by atoms with Gasteiger partial charge in [-0.15, -0.1) is 4.73 Å². The minimum absolute atomic E-state index is 0.313. The van der Waals surface area contributed by atoms with Gasteiger partial charge in [0.05, 0.1) is 0 Å². The lowest BCUT2D eigenvalue weighted by Gasteiger charge is -2.35. The molecule has 2 atom stereocenters. The van der Waals surface area contributed by atoms with E-state index in [0.29, 0.717) is 24.9 Å². The number of aromatic hydroxyl groups is 2. The number of halogens is 1. The Kier molecular flexibility index (Phi) is 4.91. The van der Waals surface area contributed by atoms with Crippen molar-refractivity contribution in [3.05, 3.63) is 40.9 Å². The molecule has 2 aromatic rings. The summed E-state index contributed by atoms with van der Waals surface area (Å²) in [6.45, 7) is 6.13. The van der Waals surface area contributed by atoms with Gasteiger partial charge in [-0.05, 0) is 36.0 Å². The second-order valence-corrected chi connectivity index (χ2v) is 8.87. The fourth-order valence-electron chi connectivity index (χ4n) is 4.76. The van der Waals surface area contributed by atoms with Crippen molar-refractivity contribution >= 4 is 23.4 Å². The molecule has 1 aromatic heterocycles. The third-order valence-corrected chi connectivity index (χ3v) is 6.66. The molecule has 1 amide bonds. The lowest BCUT2D eigenvalue weighted by Crippen LogP contribution is -2.39. The highest BCUT2D eigenvalue weighted by Gasteiger charge is 2.42. The molecule has 160 valence electrons. The average molecular weight is 433 g/mol. The van der Waals surface area contributed by atoms with Crippen LogP contribution in [0.2, 0.25) is 5.02 Å². The second kappa shape index (κ2) is 7.59. The Morgan fingerprint density at radius 2 is 1.70 bits per heavy atom. The summed E-state index contributed by atoms with van der Waals surface area (Å²) in [6.07, 6.45) is 0.667. The number of nitrogens with zero attached hydrogens (tertiary/aromatic N) is 4. The van der Waals surface area contributed by atoms with Crippen molar-refractivity contribution in [2.24, 2.45) is 11.8 Å². The lowest BCUT2D eigenvalue weighted by atomic mass is 10.0. The van der Waals surface area contributed by atoms with Crippen LogP contribution in [0.15, 0.2) is 30.3 Å². The minimum atomic E-state index is -0.560. The van der Waals surface area contributed by atoms with Gasteiger partial charge in [-0.2, -0.15) is 0 Å². The first-order valence-electron chi connectivity index (χ1n) is 10.3. The summed E-state index contributed by atoms with van der Waals surface area (Å²) in [4.78, 5) is 24.1. The molecule has 9 heteroatoms. The maximum atomic E-state index is 12.4. The molecule has 4 heterocycles. The zero-order valence-electron chi connectivity index (χ0n) is 16.6. The summed E-state index contributed by atoms with van der Waals surface area (Å²) in [5.41, 5.74) is 2.54. The van der Waals surface area contributed by atoms with E-state index in [-0.39, 0.29) is 11.8 Å². The number of rotatable bonds is 4. The lowest BCUT2D eigenvalue weighted by molar-refractivity contribution is 0.0774. The highest BCUT2D eigenvalue weighted by molar-refractivity contribution is 6.30. The smallest absolute Gasteiger partial charge is 0.434 e. The predicted molar refractivity (Wildman–Crippen MR) is 112 cm³/mol. The Hall–Kier alpha value is -2.58. The molecule has 2 N–H and O–H groups in total. The van der Waals surface area contributed by atoms with Crippen LogP contribution in [0.25, 0.3) is 0 Å². The number of hydrogen-bond acceptors (Lipinski definition) is 6. The quantitative estimate of drug-likeness (QED) is 0.772. The first-order chi connectivity index (χ1) is 14.5. The number of fused-ring (bicyclic) bond motifs is 1. The zero-order valence-corrected chi connectivity index (χ0v) is 17.3. The molecule has 0 spiro atoms. The van der Waals surface area contributed by atoms with Gasteiger partial charge in [0, 0.05) is 68.7 Å². The van der Waals surface area contributed by atoms with E-state index in [1.165, 1.54) is 29.8 Å². The van der Waals surface area contributed by atoms with Gasteiger partial charge in [0.1, 0.15) is 0 Å². The summed E-state index contributed by atoms with van der Waals surface area (Å²) in [6, 6.07) is 8.69. The molecule has 5 rings (SSSR count). The molecule has 0 radical (unpaired) electrons. The van der Waals surface area contributed by atoms with E-state index in [1.54, 1.807) is 4.90 Å². The minimum Gasteiger partial charge on any atom is -0.492 e. The number of hydrogen-bond donors (Lipinski definition) is 2. The molecule has 3 aliphatic rings. The fraction of sp³-hybridized carbons (Fsp3) is 0.476. The van der Waals surface area contributed by atoms with Gasteiger partial charge in [-0.3, -0.25) is 4.90 Å². The summed E-state index contributed by atoms with van der Waals surface area (Å²) < 4.78 is 0.737. The molecule has 2 unspecified atom stereocenters. The van der Waals surface area contributed by atoms with E-state index in [0.717, 1.165) is 42.5 Å². The summed E-state index contributed by atoms with van der Waals surface area (Å²) in [5.74, 6) is 0.160. The van der Waals surface area contributed by atoms with Gasteiger partial charge in [0.15, 0.2) is 0 Å². The number of anilines is 1. The van der Waals surface area contributed by atoms with Crippen LogP contribution in [-0.2, 0) is 6.54 Å². The standard InChI is InChI=1S/C21H25ClN4O4/c22-17-3-2-14(18(8-17)24-6-1-7-24)9-23-10-15-12-25(13-16(15)11-23)21(29)30-26-19(27)4-5-20(26)28/h2-5,8,15-16,27-28H,1,6-7,9-13H2. The topological polar surface area (TPSA) is 81.4 Å². The number of carbonyl (C=O) groups excluding carboxylic acids is 1. The maximum absolute atomic E-state index is 12.4. The Bertz CT molecular complexity index is 927. The van der Waals surface area contributed by atoms with Crippen molar-refractivity contribution in [2.45, 2.75) is 13.0 Å². The molecule has 3 saturated heterocycles. The van der Waals surface area contributed by atoms with Crippen LogP contribution in [0.3, 0.4) is 0 Å². The van der Waals surface area contributed by atoms with Crippen LogP contribution in [0.5, 0.6) is 11.8 Å². The van der Waals surface area contributed by atoms with Crippen LogP contribution in [0.4, 0.5) is 10.5 Å². The van der Waals surface area contributed by atoms with Crippen LogP contribution < -0.4 is 9.74 Å². The van der Waals surface area contributed by atoms with Gasteiger partial charge in [0.25, 0.3) is 0 Å². The average Bonchev–Trinajstić information content (AvgIpc) is 3.31. The van der Waals surface area contributed by atoms with Gasteiger partial charge in [0.2, 0.25) is 11.8 Å². The number of benzene rings is 1. The number of amides is 1. The second-order valence-electron chi connectivity index (χ2n) is 8.43. The summed E-state index contributed by atoms with van der Waals surface area (Å²) in [7, 11) is 0. The van der Waals surface area contributed by atoms with Crippen molar-refractivity contribution < 1.29 is 19.8 Å². The van der Waals surface area contributed by atoms with E-state index in [2.05, 4.69) is 21.9 Å². The molecular weight excluding hydrogens is 408 g/mol. The predicted octanol–water partition coefficient (Wildman–Crippen LogP) is 2.38. The molecular formula is C21H25ClN4O4. The molecule has 3 fully saturated rings. The van der Waals surface area contributed by atoms with E-state index >= 15 is 0 Å². The van der Waals surface area contributed by atoms with E-state index in [1.807, 2.05) is 6.07 Å². The molecule has 3 aliphatic heterocycles. The van der Waals surface area contributed by atoms with E-state index in [4.69, 9.17) is 16.4 Å². The van der Waals surface area contributed by atoms with E-state index < -0.39 is 6.09 Å². The fourth-order valence-corrected chi connectivity index (χ4v) is 4.93. The van der Waals surface area contributed by atoms with Crippen LogP contribution in [0.1, 0.15) is 12.0 Å². The van der Waals surface area contributed by atoms with Gasteiger partial charge >= 0.3 is 6.09 Å². The SMILES string of the molecule is O=C(On1c(O)ccc1O)N1CC2CN(Cc3ccc(Cl)cc3N3CCC3)CC2C1. The van der Waals surface area contributed by atoms with Crippen LogP contribution in [0, 0.1) is 11.8 Å². The molecule has 0 aliphatic carbocycles. The summed E-state index contributed by atoms with van der Waals surface area (Å²) >= 11 is 6.23. The first-order valence-corrected chi connectivity index (χ1v) is 10.7. The van der Waals surface area contributed by atoms with Gasteiger partial charge in [-0.25, -0.2) is 4.79 Å². The molecule has 30 heavy (non-hydrogen) atoms. The van der Waals surface area contributed by atoms with Crippen molar-refractivity contribution in [1.29, 1.82) is 0 Å². The van der Waals surface area contributed by atoms with Gasteiger partial charge in [-0.1, -0.05) is 17.7 Å². The third-order valence-electron chi connectivity index (χ3n) is 6.43. The molecule has 1 aromatic carbocycles.